The molecule has 0 spiro atoms. The molecule has 0 bridgehead atoms. The summed E-state index contributed by atoms with van der Waals surface area (Å²) in [6.07, 6.45) is 0.617. The largest absolute Gasteiger partial charge is 0.508 e. The van der Waals surface area contributed by atoms with E-state index in [0.717, 1.165) is 19.3 Å². The third-order valence-electron chi connectivity index (χ3n) is 4.36. The Morgan fingerprint density at radius 3 is 2.38 bits per heavy atom. The zero-order chi connectivity index (χ0) is 19.3. The first-order valence-corrected chi connectivity index (χ1v) is 8.60. The summed E-state index contributed by atoms with van der Waals surface area (Å²) in [5, 5.41) is 18.8. The molecule has 0 aliphatic heterocycles. The van der Waals surface area contributed by atoms with Crippen LogP contribution >= 0.6 is 0 Å². The van der Waals surface area contributed by atoms with Gasteiger partial charge in [0.15, 0.2) is 11.5 Å². The van der Waals surface area contributed by atoms with Crippen LogP contribution in [0.2, 0.25) is 0 Å². The lowest BCUT2D eigenvalue weighted by molar-refractivity contribution is -0.156. The fourth-order valence-corrected chi connectivity index (χ4v) is 2.30. The van der Waals surface area contributed by atoms with Gasteiger partial charge in [-0.2, -0.15) is 0 Å². The number of carbonyl (C=O) groups excluding carboxylic acids is 2. The molecule has 1 saturated carbocycles. The maximum Gasteiger partial charge on any atom is 0.508 e. The van der Waals surface area contributed by atoms with Crippen LogP contribution in [0.4, 0.5) is 4.79 Å². The van der Waals surface area contributed by atoms with E-state index >= 15 is 0 Å². The van der Waals surface area contributed by atoms with Crippen molar-refractivity contribution in [3.63, 3.8) is 0 Å². The first-order chi connectivity index (χ1) is 12.3. The molecular formula is C18H25NO7. The monoisotopic (exact) mass is 367 g/mol. The second-order valence-corrected chi connectivity index (χ2v) is 6.52. The van der Waals surface area contributed by atoms with Crippen LogP contribution in [0.15, 0.2) is 18.2 Å². The van der Waals surface area contributed by atoms with E-state index in [1.807, 2.05) is 0 Å². The number of nitrogens with two attached hydrogens (primary N) is 1. The van der Waals surface area contributed by atoms with Crippen LogP contribution in [0, 0.1) is 0 Å². The number of benzene rings is 1. The molecule has 0 amide bonds. The molecule has 0 aromatic heterocycles. The van der Waals surface area contributed by atoms with Crippen molar-refractivity contribution in [2.75, 3.05) is 0 Å². The number of rotatable bonds is 7. The summed E-state index contributed by atoms with van der Waals surface area (Å²) in [4.78, 5) is 23.7. The van der Waals surface area contributed by atoms with Crippen LogP contribution in [-0.2, 0) is 25.4 Å². The number of phenols is 2. The number of ether oxygens (including phenoxy) is 3. The van der Waals surface area contributed by atoms with Crippen molar-refractivity contribution in [1.29, 1.82) is 0 Å². The molecule has 1 aliphatic rings. The summed E-state index contributed by atoms with van der Waals surface area (Å²) in [7, 11) is 0. The maximum absolute atomic E-state index is 12.1. The minimum absolute atomic E-state index is 0.0808. The summed E-state index contributed by atoms with van der Waals surface area (Å²) in [5.74, 6) is -1.20. The predicted octanol–water partition coefficient (Wildman–Crippen LogP) is 1.99. The molecular weight excluding hydrogens is 342 g/mol. The predicted molar refractivity (Wildman–Crippen MR) is 91.7 cm³/mol. The topological polar surface area (TPSA) is 128 Å². The van der Waals surface area contributed by atoms with Crippen molar-refractivity contribution in [1.82, 2.24) is 0 Å². The second-order valence-electron chi connectivity index (χ2n) is 6.52. The quantitative estimate of drug-likeness (QED) is 0.493. The van der Waals surface area contributed by atoms with Crippen LogP contribution in [0.25, 0.3) is 0 Å². The minimum atomic E-state index is -0.962. The summed E-state index contributed by atoms with van der Waals surface area (Å²) in [6, 6.07) is 3.23. The average molecular weight is 367 g/mol. The van der Waals surface area contributed by atoms with Gasteiger partial charge >= 0.3 is 12.1 Å². The Labute approximate surface area is 151 Å². The smallest absolute Gasteiger partial charge is 0.504 e. The molecule has 1 fully saturated rings. The van der Waals surface area contributed by atoms with Gasteiger partial charge in [0.25, 0.3) is 0 Å². The number of phenolic OH excluding ortho intramolecular Hbond substituents is 2. The van der Waals surface area contributed by atoms with Crippen molar-refractivity contribution in [3.05, 3.63) is 23.8 Å². The molecule has 1 aromatic carbocycles. The number of aromatic hydroxyl groups is 2. The first-order valence-electron chi connectivity index (χ1n) is 8.60. The van der Waals surface area contributed by atoms with Gasteiger partial charge in [-0.05, 0) is 57.2 Å². The van der Waals surface area contributed by atoms with E-state index in [1.54, 1.807) is 19.9 Å². The fourth-order valence-electron chi connectivity index (χ4n) is 2.30. The highest BCUT2D eigenvalue weighted by Gasteiger charge is 2.27. The third kappa shape index (κ3) is 5.52. The highest BCUT2D eigenvalue weighted by Crippen LogP contribution is 2.25. The Morgan fingerprint density at radius 1 is 1.15 bits per heavy atom. The molecule has 1 aliphatic carbocycles. The Balaban J connectivity index is 1.78. The molecule has 0 heterocycles. The van der Waals surface area contributed by atoms with E-state index in [9.17, 15) is 19.8 Å². The van der Waals surface area contributed by atoms with Crippen molar-refractivity contribution in [3.8, 4) is 11.5 Å². The van der Waals surface area contributed by atoms with Gasteiger partial charge in [-0.3, -0.25) is 4.79 Å². The van der Waals surface area contributed by atoms with Crippen molar-refractivity contribution in [2.45, 2.75) is 63.9 Å². The van der Waals surface area contributed by atoms with Crippen LogP contribution in [0.5, 0.6) is 11.5 Å². The number of esters is 1. The maximum atomic E-state index is 12.1. The molecule has 0 radical (unpaired) electrons. The summed E-state index contributed by atoms with van der Waals surface area (Å²) >= 11 is 0. The lowest BCUT2D eigenvalue weighted by Gasteiger charge is -2.27. The van der Waals surface area contributed by atoms with Gasteiger partial charge in [-0.15, -0.1) is 0 Å². The molecule has 4 N–H and O–H groups in total. The van der Waals surface area contributed by atoms with Gasteiger partial charge < -0.3 is 30.2 Å². The first kappa shape index (κ1) is 19.8. The van der Waals surface area contributed by atoms with E-state index in [-0.39, 0.29) is 24.0 Å². The van der Waals surface area contributed by atoms with Gasteiger partial charge in [-0.25, -0.2) is 4.79 Å². The van der Waals surface area contributed by atoms with E-state index in [1.165, 1.54) is 12.1 Å². The number of carbonyl (C=O) groups is 2. The second kappa shape index (κ2) is 8.75. The van der Waals surface area contributed by atoms with Crippen LogP contribution in [0.3, 0.4) is 0 Å². The minimum Gasteiger partial charge on any atom is -0.504 e. The Kier molecular flexibility index (Phi) is 6.68. The van der Waals surface area contributed by atoms with E-state index in [0.29, 0.717) is 5.56 Å². The zero-order valence-corrected chi connectivity index (χ0v) is 14.9. The lowest BCUT2D eigenvalue weighted by Crippen LogP contribution is -2.40. The number of hydrogen-bond donors (Lipinski definition) is 3. The Hall–Kier alpha value is -2.48. The Morgan fingerprint density at radius 2 is 1.81 bits per heavy atom. The van der Waals surface area contributed by atoms with Gasteiger partial charge in [0.1, 0.15) is 24.4 Å². The average Bonchev–Trinajstić information content (AvgIpc) is 2.54. The van der Waals surface area contributed by atoms with Gasteiger partial charge in [-0.1, -0.05) is 6.07 Å². The lowest BCUT2D eigenvalue weighted by atomic mass is 9.96. The molecule has 144 valence electrons. The molecule has 1 aromatic rings. The number of hydrogen-bond acceptors (Lipinski definition) is 8. The van der Waals surface area contributed by atoms with E-state index in [4.69, 9.17) is 19.9 Å². The Bertz CT molecular complexity index is 644. The van der Waals surface area contributed by atoms with Gasteiger partial charge in [0.05, 0.1) is 0 Å². The van der Waals surface area contributed by atoms with Gasteiger partial charge in [0, 0.05) is 0 Å². The molecule has 8 nitrogen and oxygen atoms in total. The molecule has 2 rings (SSSR count). The molecule has 1 unspecified atom stereocenters. The van der Waals surface area contributed by atoms with Gasteiger partial charge in [0.2, 0.25) is 0 Å². The summed E-state index contributed by atoms with van der Waals surface area (Å²) in [6.45, 7) is 3.20. The molecule has 26 heavy (non-hydrogen) atoms. The molecule has 0 saturated heterocycles. The highest BCUT2D eigenvalue weighted by atomic mass is 16.7. The summed E-state index contributed by atoms with van der Waals surface area (Å²) in [5.41, 5.74) is 6.40. The van der Waals surface area contributed by atoms with Crippen LogP contribution in [0.1, 0.15) is 38.7 Å². The molecule has 8 heteroatoms. The van der Waals surface area contributed by atoms with E-state index < -0.39 is 30.4 Å². The third-order valence-corrected chi connectivity index (χ3v) is 4.36. The highest BCUT2D eigenvalue weighted by molar-refractivity contribution is 5.76. The van der Waals surface area contributed by atoms with Crippen LogP contribution in [-0.4, -0.2) is 46.7 Å². The van der Waals surface area contributed by atoms with Crippen LogP contribution < -0.4 is 5.73 Å². The normalized spacial score (nSPS) is 17.5. The zero-order valence-electron chi connectivity index (χ0n) is 14.9. The van der Waals surface area contributed by atoms with Crippen molar-refractivity contribution < 1.29 is 34.0 Å². The standard InChI is InChI=1S/C18H25NO7/c1-10(11(2)25-18(23)26-13-4-3-5-13)24-17(22)14(19)8-12-6-7-15(20)16(21)9-12/h6-7,9-11,13-14,20-21H,3-5,8,19H2,1-2H3/t10-,11?,14-/m0/s1. The van der Waals surface area contributed by atoms with Crippen molar-refractivity contribution in [2.24, 2.45) is 5.73 Å². The van der Waals surface area contributed by atoms with Crippen molar-refractivity contribution >= 4 is 12.1 Å². The SMILES string of the molecule is CC(OC(=O)OC1CCC1)[C@H](C)OC(=O)[C@@H](N)Cc1ccc(O)c(O)c1. The molecule has 3 atom stereocenters. The summed E-state index contributed by atoms with van der Waals surface area (Å²) < 4.78 is 15.4. The van der Waals surface area contributed by atoms with E-state index in [2.05, 4.69) is 0 Å². The fraction of sp³-hybridized carbons (Fsp3) is 0.556.